The molecule has 0 aliphatic heterocycles. The predicted molar refractivity (Wildman–Crippen MR) is 34.0 cm³/mol. The summed E-state index contributed by atoms with van der Waals surface area (Å²) in [5.74, 6) is 0. The number of benzene rings is 1. The molecule has 0 aliphatic rings. The summed E-state index contributed by atoms with van der Waals surface area (Å²) in [7, 11) is 0. The van der Waals surface area contributed by atoms with E-state index in [1.165, 1.54) is 0 Å². The van der Waals surface area contributed by atoms with Gasteiger partial charge in [-0.2, -0.15) is 4.98 Å². The van der Waals surface area contributed by atoms with Crippen LogP contribution in [-0.4, -0.2) is 4.98 Å². The molecule has 0 fully saturated rings. The van der Waals surface area contributed by atoms with E-state index in [-0.39, 0.29) is 0 Å². The maximum atomic E-state index is 12.2. The molecule has 2 nitrogen and oxygen atoms in total. The summed E-state index contributed by atoms with van der Waals surface area (Å²) in [5, 5.41) is 0. The van der Waals surface area contributed by atoms with Gasteiger partial charge in [-0.15, -0.1) is 4.39 Å². The summed E-state index contributed by atoms with van der Waals surface area (Å²) in [5.41, 5.74) is 1.04. The number of hydrogen-bond donors (Lipinski definition) is 0. The van der Waals surface area contributed by atoms with E-state index in [9.17, 15) is 4.39 Å². The van der Waals surface area contributed by atoms with Crippen molar-refractivity contribution in [3.8, 4) is 0 Å². The van der Waals surface area contributed by atoms with Crippen molar-refractivity contribution in [2.24, 2.45) is 0 Å². The standard InChI is InChI=1S/C7H4FNO/c8-7-9-5-3-1-2-4-6(5)10-7/h1-4H. The number of fused-ring (bicyclic) bond motifs is 1. The first-order chi connectivity index (χ1) is 4.86. The fraction of sp³-hybridized carbons (Fsp3) is 0. The van der Waals surface area contributed by atoms with Crippen LogP contribution in [0.15, 0.2) is 28.7 Å². The summed E-state index contributed by atoms with van der Waals surface area (Å²) in [6.45, 7) is 0. The van der Waals surface area contributed by atoms with E-state index < -0.39 is 6.14 Å². The number of rotatable bonds is 0. The summed E-state index contributed by atoms with van der Waals surface area (Å²) in [6, 6.07) is 6.92. The van der Waals surface area contributed by atoms with Gasteiger partial charge in [0.15, 0.2) is 5.58 Å². The third kappa shape index (κ3) is 0.673. The minimum Gasteiger partial charge on any atom is -0.415 e. The van der Waals surface area contributed by atoms with Crippen LogP contribution in [0.25, 0.3) is 11.1 Å². The summed E-state index contributed by atoms with van der Waals surface area (Å²) < 4.78 is 16.8. The zero-order valence-electron chi connectivity index (χ0n) is 5.04. The first kappa shape index (κ1) is 5.41. The van der Waals surface area contributed by atoms with Crippen molar-refractivity contribution in [1.29, 1.82) is 0 Å². The normalized spacial score (nSPS) is 10.5. The SMILES string of the molecule is Fc1nc2ccccc2o1. The fourth-order valence-corrected chi connectivity index (χ4v) is 0.844. The van der Waals surface area contributed by atoms with Crippen LogP contribution in [0.2, 0.25) is 0 Å². The average Bonchev–Trinajstić information content (AvgIpc) is 2.27. The molecule has 0 atom stereocenters. The van der Waals surface area contributed by atoms with Crippen molar-refractivity contribution in [3.63, 3.8) is 0 Å². The van der Waals surface area contributed by atoms with E-state index in [0.717, 1.165) is 0 Å². The Morgan fingerprint density at radius 1 is 1.30 bits per heavy atom. The first-order valence-corrected chi connectivity index (χ1v) is 2.87. The van der Waals surface area contributed by atoms with Crippen molar-refractivity contribution in [2.75, 3.05) is 0 Å². The maximum Gasteiger partial charge on any atom is 0.382 e. The van der Waals surface area contributed by atoms with Crippen LogP contribution >= 0.6 is 0 Å². The van der Waals surface area contributed by atoms with Gasteiger partial charge in [0.1, 0.15) is 5.52 Å². The number of nitrogens with zero attached hydrogens (tertiary/aromatic N) is 1. The van der Waals surface area contributed by atoms with Crippen molar-refractivity contribution < 1.29 is 8.81 Å². The quantitative estimate of drug-likeness (QED) is 0.554. The average molecular weight is 137 g/mol. The highest BCUT2D eigenvalue weighted by molar-refractivity contribution is 5.71. The molecule has 0 N–H and O–H groups in total. The number of hydrogen-bond acceptors (Lipinski definition) is 2. The summed E-state index contributed by atoms with van der Waals surface area (Å²) >= 11 is 0. The zero-order chi connectivity index (χ0) is 6.97. The number of aromatic nitrogens is 1. The third-order valence-corrected chi connectivity index (χ3v) is 1.27. The Labute approximate surface area is 56.3 Å². The zero-order valence-corrected chi connectivity index (χ0v) is 5.04. The Bertz CT molecular complexity index is 322. The summed E-state index contributed by atoms with van der Waals surface area (Å²) in [6.07, 6.45) is -0.777. The molecule has 10 heavy (non-hydrogen) atoms. The molecule has 50 valence electrons. The van der Waals surface area contributed by atoms with Gasteiger partial charge in [0.05, 0.1) is 0 Å². The molecule has 1 heterocycles. The van der Waals surface area contributed by atoms with Crippen molar-refractivity contribution >= 4 is 11.1 Å². The Hall–Kier alpha value is -1.38. The van der Waals surface area contributed by atoms with E-state index in [1.807, 2.05) is 0 Å². The fourth-order valence-electron chi connectivity index (χ4n) is 0.844. The van der Waals surface area contributed by atoms with Gasteiger partial charge in [0.25, 0.3) is 0 Å². The van der Waals surface area contributed by atoms with Crippen LogP contribution in [0, 0.1) is 6.14 Å². The highest BCUT2D eigenvalue weighted by atomic mass is 19.1. The first-order valence-electron chi connectivity index (χ1n) is 2.87. The maximum absolute atomic E-state index is 12.2. The lowest BCUT2D eigenvalue weighted by Gasteiger charge is -1.79. The second kappa shape index (κ2) is 1.80. The second-order valence-corrected chi connectivity index (χ2v) is 1.93. The van der Waals surface area contributed by atoms with Crippen LogP contribution in [0.4, 0.5) is 4.39 Å². The van der Waals surface area contributed by atoms with E-state index in [1.54, 1.807) is 24.3 Å². The predicted octanol–water partition coefficient (Wildman–Crippen LogP) is 1.97. The van der Waals surface area contributed by atoms with Gasteiger partial charge < -0.3 is 4.42 Å². The number of para-hydroxylation sites is 2. The molecule has 3 heteroatoms. The molecular weight excluding hydrogens is 133 g/mol. The van der Waals surface area contributed by atoms with Gasteiger partial charge in [-0.1, -0.05) is 12.1 Å². The van der Waals surface area contributed by atoms with Gasteiger partial charge in [-0.05, 0) is 12.1 Å². The van der Waals surface area contributed by atoms with Crippen LogP contribution in [0.3, 0.4) is 0 Å². The Balaban J connectivity index is 2.88. The lowest BCUT2D eigenvalue weighted by Crippen LogP contribution is -1.66. The Morgan fingerprint density at radius 3 is 2.90 bits per heavy atom. The van der Waals surface area contributed by atoms with E-state index in [0.29, 0.717) is 11.1 Å². The van der Waals surface area contributed by atoms with Gasteiger partial charge in [-0.25, -0.2) is 0 Å². The minimum absolute atomic E-state index is 0.486. The molecule has 0 saturated carbocycles. The molecule has 1 aromatic heterocycles. The number of oxazole rings is 1. The smallest absolute Gasteiger partial charge is 0.382 e. The molecule has 0 bridgehead atoms. The molecule has 2 rings (SSSR count). The topological polar surface area (TPSA) is 26.0 Å². The van der Waals surface area contributed by atoms with Crippen LogP contribution in [0.1, 0.15) is 0 Å². The monoisotopic (exact) mass is 137 g/mol. The molecular formula is C7H4FNO. The van der Waals surface area contributed by atoms with Gasteiger partial charge in [0.2, 0.25) is 0 Å². The molecule has 0 spiro atoms. The highest BCUT2D eigenvalue weighted by Gasteiger charge is 2.00. The second-order valence-electron chi connectivity index (χ2n) is 1.93. The molecule has 0 radical (unpaired) electrons. The molecule has 0 saturated heterocycles. The van der Waals surface area contributed by atoms with Gasteiger partial charge in [0, 0.05) is 0 Å². The lowest BCUT2D eigenvalue weighted by molar-refractivity contribution is 0.355. The lowest BCUT2D eigenvalue weighted by atomic mass is 10.3. The van der Waals surface area contributed by atoms with Crippen LogP contribution < -0.4 is 0 Å². The van der Waals surface area contributed by atoms with E-state index in [4.69, 9.17) is 0 Å². The number of halogens is 1. The molecule has 0 unspecified atom stereocenters. The molecule has 2 aromatic rings. The summed E-state index contributed by atoms with van der Waals surface area (Å²) in [4.78, 5) is 3.48. The molecule has 1 aromatic carbocycles. The van der Waals surface area contributed by atoms with Gasteiger partial charge in [-0.3, -0.25) is 0 Å². The van der Waals surface area contributed by atoms with E-state index >= 15 is 0 Å². The molecule has 0 amide bonds. The minimum atomic E-state index is -0.777. The third-order valence-electron chi connectivity index (χ3n) is 1.27. The van der Waals surface area contributed by atoms with Crippen molar-refractivity contribution in [2.45, 2.75) is 0 Å². The Morgan fingerprint density at radius 2 is 2.10 bits per heavy atom. The van der Waals surface area contributed by atoms with Gasteiger partial charge >= 0.3 is 6.14 Å². The largest absolute Gasteiger partial charge is 0.415 e. The Kier molecular flexibility index (Phi) is 0.974. The van der Waals surface area contributed by atoms with Crippen LogP contribution in [-0.2, 0) is 0 Å². The molecule has 0 aliphatic carbocycles. The highest BCUT2D eigenvalue weighted by Crippen LogP contribution is 2.12. The van der Waals surface area contributed by atoms with Crippen molar-refractivity contribution in [1.82, 2.24) is 4.98 Å². The van der Waals surface area contributed by atoms with E-state index in [2.05, 4.69) is 9.40 Å². The van der Waals surface area contributed by atoms with Crippen molar-refractivity contribution in [3.05, 3.63) is 30.4 Å². The van der Waals surface area contributed by atoms with Crippen LogP contribution in [0.5, 0.6) is 0 Å².